The minimum absolute atomic E-state index is 0.133. The lowest BCUT2D eigenvalue weighted by atomic mass is 9.94. The number of pyridine rings is 2. The molecule has 0 saturated carbocycles. The van der Waals surface area contributed by atoms with Crippen molar-refractivity contribution in [1.82, 2.24) is 19.3 Å². The third-order valence-electron chi connectivity index (χ3n) is 5.95. The van der Waals surface area contributed by atoms with Crippen LogP contribution in [0.2, 0.25) is 0 Å². The number of imidazole rings is 1. The number of nitrogens with one attached hydrogen (secondary N) is 1. The van der Waals surface area contributed by atoms with Crippen LogP contribution in [0.5, 0.6) is 0 Å². The van der Waals surface area contributed by atoms with Gasteiger partial charge < -0.3 is 19.0 Å². The maximum Gasteiger partial charge on any atom is 0.274 e. The number of fused-ring (bicyclic) bond motifs is 4. The number of carbonyl (C=O) groups excluding carboxylic acids is 1. The number of aryl methyl sites for hydroxylation is 2. The van der Waals surface area contributed by atoms with Crippen LogP contribution in [0.3, 0.4) is 0 Å². The van der Waals surface area contributed by atoms with E-state index in [1.807, 2.05) is 61.7 Å². The van der Waals surface area contributed by atoms with Crippen molar-refractivity contribution >= 4 is 22.3 Å². The van der Waals surface area contributed by atoms with Crippen LogP contribution >= 0.6 is 0 Å². The highest BCUT2D eigenvalue weighted by molar-refractivity contribution is 5.94. The third kappa shape index (κ3) is 3.21. The standard InChI is InChI=1S/C24H24N4O3/c1-4-28(24(30)18-11-27-10-15(3)6-8-21(27)25-18)20-13-31-12-19-22(20)16-7-5-14(2)9-17(16)23(29)26-19/h5-11,20H,4,12-13H2,1-3H3,(H,26,29). The number of likely N-dealkylation sites (N-methyl/N-ethyl adjacent to an activating group) is 1. The number of aromatic amines is 1. The summed E-state index contributed by atoms with van der Waals surface area (Å²) in [5.41, 5.74) is 4.79. The predicted octanol–water partition coefficient (Wildman–Crippen LogP) is 3.53. The second kappa shape index (κ2) is 7.35. The Bertz CT molecular complexity index is 1390. The Morgan fingerprint density at radius 1 is 1.19 bits per heavy atom. The van der Waals surface area contributed by atoms with E-state index in [2.05, 4.69) is 9.97 Å². The molecule has 0 bridgehead atoms. The van der Waals surface area contributed by atoms with E-state index in [1.165, 1.54) is 0 Å². The number of carbonyl (C=O) groups is 1. The van der Waals surface area contributed by atoms with Crippen LogP contribution < -0.4 is 5.56 Å². The Balaban J connectivity index is 1.62. The van der Waals surface area contributed by atoms with E-state index < -0.39 is 0 Å². The first kappa shape index (κ1) is 19.5. The highest BCUT2D eigenvalue weighted by atomic mass is 16.5. The maximum atomic E-state index is 13.5. The van der Waals surface area contributed by atoms with Gasteiger partial charge >= 0.3 is 0 Å². The number of nitrogens with zero attached hydrogens (tertiary/aromatic N) is 3. The highest BCUT2D eigenvalue weighted by Gasteiger charge is 2.33. The molecule has 31 heavy (non-hydrogen) atoms. The van der Waals surface area contributed by atoms with Gasteiger partial charge in [-0.1, -0.05) is 23.8 Å². The van der Waals surface area contributed by atoms with E-state index in [4.69, 9.17) is 4.74 Å². The van der Waals surface area contributed by atoms with E-state index in [9.17, 15) is 9.59 Å². The summed E-state index contributed by atoms with van der Waals surface area (Å²) in [5, 5.41) is 1.51. The quantitative estimate of drug-likeness (QED) is 0.554. The fraction of sp³-hybridized carbons (Fsp3) is 0.292. The smallest absolute Gasteiger partial charge is 0.274 e. The normalized spacial score (nSPS) is 15.9. The Kier molecular flexibility index (Phi) is 4.63. The van der Waals surface area contributed by atoms with Crippen molar-refractivity contribution in [3.8, 4) is 0 Å². The number of benzene rings is 1. The lowest BCUT2D eigenvalue weighted by molar-refractivity contribution is 0.0273. The number of ether oxygens (including phenoxy) is 1. The summed E-state index contributed by atoms with van der Waals surface area (Å²) in [7, 11) is 0. The third-order valence-corrected chi connectivity index (χ3v) is 5.95. The predicted molar refractivity (Wildman–Crippen MR) is 118 cm³/mol. The second-order valence-corrected chi connectivity index (χ2v) is 8.12. The van der Waals surface area contributed by atoms with Gasteiger partial charge in [0.25, 0.3) is 11.5 Å². The number of H-pyrrole nitrogens is 1. The molecule has 1 aromatic carbocycles. The fourth-order valence-corrected chi connectivity index (χ4v) is 4.47. The molecular formula is C24H24N4O3. The van der Waals surface area contributed by atoms with Crippen molar-refractivity contribution in [3.05, 3.63) is 81.2 Å². The summed E-state index contributed by atoms with van der Waals surface area (Å²) in [4.78, 5) is 35.4. The number of hydrogen-bond donors (Lipinski definition) is 1. The molecule has 158 valence electrons. The lowest BCUT2D eigenvalue weighted by Gasteiger charge is -2.35. The fourth-order valence-electron chi connectivity index (χ4n) is 4.47. The van der Waals surface area contributed by atoms with Gasteiger partial charge in [0.15, 0.2) is 0 Å². The molecule has 4 heterocycles. The van der Waals surface area contributed by atoms with Crippen LogP contribution in [0, 0.1) is 13.8 Å². The average molecular weight is 416 g/mol. The molecule has 3 aromatic heterocycles. The van der Waals surface area contributed by atoms with Crippen molar-refractivity contribution in [2.24, 2.45) is 0 Å². The summed E-state index contributed by atoms with van der Waals surface area (Å²) in [6.07, 6.45) is 3.72. The van der Waals surface area contributed by atoms with Crippen LogP contribution in [0.25, 0.3) is 16.4 Å². The number of amides is 1. The van der Waals surface area contributed by atoms with Gasteiger partial charge in [0.2, 0.25) is 0 Å². The van der Waals surface area contributed by atoms with Crippen LogP contribution in [0.15, 0.2) is 47.5 Å². The van der Waals surface area contributed by atoms with Gasteiger partial charge in [-0.15, -0.1) is 0 Å². The molecule has 7 nitrogen and oxygen atoms in total. The molecule has 0 radical (unpaired) electrons. The monoisotopic (exact) mass is 416 g/mol. The molecule has 7 heteroatoms. The zero-order valence-corrected chi connectivity index (χ0v) is 17.8. The van der Waals surface area contributed by atoms with Crippen LogP contribution in [0.1, 0.15) is 45.8 Å². The molecule has 1 aliphatic heterocycles. The largest absolute Gasteiger partial charge is 0.373 e. The summed E-state index contributed by atoms with van der Waals surface area (Å²) in [6, 6.07) is 9.44. The maximum absolute atomic E-state index is 13.5. The van der Waals surface area contributed by atoms with Gasteiger partial charge in [0, 0.05) is 35.6 Å². The van der Waals surface area contributed by atoms with Crippen LogP contribution in [-0.4, -0.2) is 38.3 Å². The Hall–Kier alpha value is -3.45. The van der Waals surface area contributed by atoms with Gasteiger partial charge in [0.1, 0.15) is 11.3 Å². The van der Waals surface area contributed by atoms with Crippen molar-refractivity contribution in [2.45, 2.75) is 33.4 Å². The summed E-state index contributed by atoms with van der Waals surface area (Å²) >= 11 is 0. The average Bonchev–Trinajstić information content (AvgIpc) is 3.17. The van der Waals surface area contributed by atoms with Crippen LogP contribution in [0.4, 0.5) is 0 Å². The summed E-state index contributed by atoms with van der Waals surface area (Å²) in [6.45, 7) is 7.10. The number of aromatic nitrogens is 3. The van der Waals surface area contributed by atoms with Crippen molar-refractivity contribution in [1.29, 1.82) is 0 Å². The van der Waals surface area contributed by atoms with E-state index >= 15 is 0 Å². The van der Waals surface area contributed by atoms with E-state index in [1.54, 1.807) is 11.1 Å². The van der Waals surface area contributed by atoms with Gasteiger partial charge in [-0.25, -0.2) is 4.98 Å². The first-order chi connectivity index (χ1) is 15.0. The molecular weight excluding hydrogens is 392 g/mol. The van der Waals surface area contributed by atoms with Crippen molar-refractivity contribution < 1.29 is 9.53 Å². The van der Waals surface area contributed by atoms with Gasteiger partial charge in [0.05, 0.1) is 19.3 Å². The SMILES string of the molecule is CCN(C(=O)c1cn2cc(C)ccc2n1)C1COCc2[nH]c(=O)c3cc(C)ccc3c21. The second-order valence-electron chi connectivity index (χ2n) is 8.12. The molecule has 1 amide bonds. The lowest BCUT2D eigenvalue weighted by Crippen LogP contribution is -2.40. The minimum Gasteiger partial charge on any atom is -0.373 e. The van der Waals surface area contributed by atoms with Gasteiger partial charge in [-0.05, 0) is 43.9 Å². The molecule has 1 atom stereocenters. The van der Waals surface area contributed by atoms with E-state index in [0.29, 0.717) is 30.8 Å². The Labute approximate surface area is 179 Å². The molecule has 1 unspecified atom stereocenters. The van der Waals surface area contributed by atoms with Crippen molar-refractivity contribution in [3.63, 3.8) is 0 Å². The van der Waals surface area contributed by atoms with E-state index in [-0.39, 0.29) is 17.5 Å². The molecule has 5 rings (SSSR count). The van der Waals surface area contributed by atoms with Crippen LogP contribution in [-0.2, 0) is 11.3 Å². The van der Waals surface area contributed by atoms with Crippen molar-refractivity contribution in [2.75, 3.05) is 13.2 Å². The molecule has 4 aromatic rings. The topological polar surface area (TPSA) is 79.7 Å². The molecule has 0 fully saturated rings. The van der Waals surface area contributed by atoms with Gasteiger partial charge in [-0.2, -0.15) is 0 Å². The van der Waals surface area contributed by atoms with E-state index in [0.717, 1.165) is 33.4 Å². The zero-order valence-electron chi connectivity index (χ0n) is 17.8. The summed E-state index contributed by atoms with van der Waals surface area (Å²) < 4.78 is 7.66. The summed E-state index contributed by atoms with van der Waals surface area (Å²) in [5.74, 6) is -0.156. The first-order valence-corrected chi connectivity index (χ1v) is 10.5. The molecule has 0 saturated heterocycles. The Morgan fingerprint density at radius 3 is 2.81 bits per heavy atom. The number of rotatable bonds is 3. The van der Waals surface area contributed by atoms with Gasteiger partial charge in [-0.3, -0.25) is 9.59 Å². The Morgan fingerprint density at radius 2 is 2.00 bits per heavy atom. The molecule has 0 aliphatic carbocycles. The number of hydrogen-bond acceptors (Lipinski definition) is 4. The molecule has 0 spiro atoms. The molecule has 1 N–H and O–H groups in total. The first-order valence-electron chi connectivity index (χ1n) is 10.5. The molecule has 1 aliphatic rings. The highest BCUT2D eigenvalue weighted by Crippen LogP contribution is 2.34. The minimum atomic E-state index is -0.310. The zero-order chi connectivity index (χ0) is 21.7.